The fraction of sp³-hybridized carbons (Fsp3) is 0.478. The second kappa shape index (κ2) is 7.25. The van der Waals surface area contributed by atoms with Crippen LogP contribution in [-0.2, 0) is 9.59 Å². The molecular formula is C23H26N2O4. The van der Waals surface area contributed by atoms with E-state index >= 15 is 0 Å². The van der Waals surface area contributed by atoms with Crippen LogP contribution >= 0.6 is 0 Å². The SMILES string of the molecule is CC1=C(C(=O)N2CCCCC2)C(c2ccc3c(c2)OCO3)C2=C(CCCC2=O)N1. The number of fused-ring (bicyclic) bond motifs is 1. The van der Waals surface area contributed by atoms with E-state index in [2.05, 4.69) is 5.32 Å². The molecule has 1 fully saturated rings. The molecule has 0 spiro atoms. The first kappa shape index (κ1) is 18.3. The van der Waals surface area contributed by atoms with Crippen LogP contribution in [-0.4, -0.2) is 36.5 Å². The number of benzene rings is 1. The first-order valence-electron chi connectivity index (χ1n) is 10.6. The summed E-state index contributed by atoms with van der Waals surface area (Å²) in [7, 11) is 0. The highest BCUT2D eigenvalue weighted by Crippen LogP contribution is 2.45. The zero-order valence-corrected chi connectivity index (χ0v) is 16.8. The Hall–Kier alpha value is -2.76. The summed E-state index contributed by atoms with van der Waals surface area (Å²) in [5.41, 5.74) is 4.19. The third kappa shape index (κ3) is 3.11. The van der Waals surface area contributed by atoms with Crippen molar-refractivity contribution in [3.05, 3.63) is 46.3 Å². The molecule has 1 aromatic rings. The molecule has 3 aliphatic heterocycles. The van der Waals surface area contributed by atoms with Crippen LogP contribution in [0.2, 0.25) is 0 Å². The van der Waals surface area contributed by atoms with Crippen LogP contribution in [0.4, 0.5) is 0 Å². The highest BCUT2D eigenvalue weighted by atomic mass is 16.7. The molecule has 1 atom stereocenters. The second-order valence-electron chi connectivity index (χ2n) is 8.23. The van der Waals surface area contributed by atoms with Crippen molar-refractivity contribution < 1.29 is 19.1 Å². The van der Waals surface area contributed by atoms with E-state index in [9.17, 15) is 9.59 Å². The van der Waals surface area contributed by atoms with Gasteiger partial charge in [0.25, 0.3) is 5.91 Å². The van der Waals surface area contributed by atoms with Crippen molar-refractivity contribution in [2.75, 3.05) is 19.9 Å². The first-order chi connectivity index (χ1) is 14.1. The molecule has 6 nitrogen and oxygen atoms in total. The summed E-state index contributed by atoms with van der Waals surface area (Å²) in [6.45, 7) is 3.72. The van der Waals surface area contributed by atoms with Gasteiger partial charge in [-0.25, -0.2) is 0 Å². The van der Waals surface area contributed by atoms with Gasteiger partial charge in [-0.3, -0.25) is 9.59 Å². The fourth-order valence-corrected chi connectivity index (χ4v) is 4.96. The van der Waals surface area contributed by atoms with Crippen LogP contribution in [0.1, 0.15) is 56.9 Å². The van der Waals surface area contributed by atoms with Crippen molar-refractivity contribution in [2.24, 2.45) is 0 Å². The van der Waals surface area contributed by atoms with Gasteiger partial charge in [-0.15, -0.1) is 0 Å². The van der Waals surface area contributed by atoms with E-state index < -0.39 is 0 Å². The van der Waals surface area contributed by atoms with Crippen molar-refractivity contribution in [1.82, 2.24) is 10.2 Å². The highest BCUT2D eigenvalue weighted by Gasteiger charge is 2.40. The number of rotatable bonds is 2. The summed E-state index contributed by atoms with van der Waals surface area (Å²) in [5.74, 6) is 1.20. The Morgan fingerprint density at radius 1 is 1.07 bits per heavy atom. The van der Waals surface area contributed by atoms with E-state index in [0.717, 1.165) is 61.3 Å². The Balaban J connectivity index is 1.61. The van der Waals surface area contributed by atoms with Gasteiger partial charge >= 0.3 is 0 Å². The minimum Gasteiger partial charge on any atom is -0.454 e. The van der Waals surface area contributed by atoms with Gasteiger partial charge in [0, 0.05) is 48.0 Å². The van der Waals surface area contributed by atoms with Crippen molar-refractivity contribution in [3.63, 3.8) is 0 Å². The average Bonchev–Trinajstić information content (AvgIpc) is 3.21. The molecule has 0 saturated carbocycles. The minimum absolute atomic E-state index is 0.0438. The number of nitrogens with zero attached hydrogens (tertiary/aromatic N) is 1. The van der Waals surface area contributed by atoms with Crippen LogP contribution in [0, 0.1) is 0 Å². The third-order valence-electron chi connectivity index (χ3n) is 6.38. The van der Waals surface area contributed by atoms with Gasteiger partial charge in [-0.2, -0.15) is 0 Å². The van der Waals surface area contributed by atoms with E-state index in [1.807, 2.05) is 30.0 Å². The number of hydrogen-bond acceptors (Lipinski definition) is 5. The predicted octanol–water partition coefficient (Wildman–Crippen LogP) is 3.40. The molecule has 0 aromatic heterocycles. The number of carbonyl (C=O) groups is 2. The van der Waals surface area contributed by atoms with E-state index in [4.69, 9.17) is 9.47 Å². The van der Waals surface area contributed by atoms with Gasteiger partial charge in [0.2, 0.25) is 6.79 Å². The van der Waals surface area contributed by atoms with Gasteiger partial charge in [0.05, 0.1) is 0 Å². The number of piperidine rings is 1. The minimum atomic E-state index is -0.358. The van der Waals surface area contributed by atoms with Crippen LogP contribution in [0.5, 0.6) is 11.5 Å². The maximum absolute atomic E-state index is 13.6. The van der Waals surface area contributed by atoms with Gasteiger partial charge in [-0.1, -0.05) is 6.07 Å². The molecule has 5 rings (SSSR count). The maximum Gasteiger partial charge on any atom is 0.252 e. The molecule has 6 heteroatoms. The Labute approximate surface area is 170 Å². The summed E-state index contributed by atoms with van der Waals surface area (Å²) in [6, 6.07) is 5.78. The first-order valence-corrected chi connectivity index (χ1v) is 10.6. The largest absolute Gasteiger partial charge is 0.454 e. The predicted molar refractivity (Wildman–Crippen MR) is 107 cm³/mol. The van der Waals surface area contributed by atoms with Gasteiger partial charge in [-0.05, 0) is 56.7 Å². The van der Waals surface area contributed by atoms with Gasteiger partial charge in [0.15, 0.2) is 17.3 Å². The summed E-state index contributed by atoms with van der Waals surface area (Å²) in [4.78, 5) is 28.5. The number of amides is 1. The van der Waals surface area contributed by atoms with Crippen LogP contribution in [0.15, 0.2) is 40.7 Å². The van der Waals surface area contributed by atoms with Crippen molar-refractivity contribution >= 4 is 11.7 Å². The monoisotopic (exact) mass is 394 g/mol. The van der Waals surface area contributed by atoms with E-state index in [0.29, 0.717) is 23.5 Å². The molecule has 4 aliphatic rings. The van der Waals surface area contributed by atoms with E-state index in [-0.39, 0.29) is 24.4 Å². The molecular weight excluding hydrogens is 368 g/mol. The number of ketones is 1. The lowest BCUT2D eigenvalue weighted by Gasteiger charge is -2.37. The zero-order chi connectivity index (χ0) is 20.0. The number of nitrogens with one attached hydrogen (secondary N) is 1. The quantitative estimate of drug-likeness (QED) is 0.833. The molecule has 1 saturated heterocycles. The van der Waals surface area contributed by atoms with E-state index in [1.54, 1.807) is 0 Å². The molecule has 0 bridgehead atoms. The van der Waals surface area contributed by atoms with Crippen molar-refractivity contribution in [3.8, 4) is 11.5 Å². The van der Waals surface area contributed by atoms with Crippen molar-refractivity contribution in [1.29, 1.82) is 0 Å². The highest BCUT2D eigenvalue weighted by molar-refractivity contribution is 6.05. The molecule has 3 heterocycles. The Morgan fingerprint density at radius 2 is 1.86 bits per heavy atom. The Morgan fingerprint density at radius 3 is 2.69 bits per heavy atom. The number of ether oxygens (including phenoxy) is 2. The molecule has 0 radical (unpaired) electrons. The average molecular weight is 394 g/mol. The van der Waals surface area contributed by atoms with Gasteiger partial charge in [0.1, 0.15) is 0 Å². The molecule has 1 N–H and O–H groups in total. The number of carbonyl (C=O) groups excluding carboxylic acids is 2. The standard InChI is InChI=1S/C23H26N2O4/c1-14-20(23(27)25-10-3-2-4-11-25)21(22-16(24-14)6-5-7-17(22)26)15-8-9-18-19(12-15)29-13-28-18/h8-9,12,21,24H,2-7,10-11,13H2,1H3. The summed E-state index contributed by atoms with van der Waals surface area (Å²) >= 11 is 0. The molecule has 1 amide bonds. The molecule has 152 valence electrons. The number of dihydropyridines is 1. The normalized spacial score (nSPS) is 23.8. The summed E-state index contributed by atoms with van der Waals surface area (Å²) in [6.07, 6.45) is 5.46. The third-order valence-corrected chi connectivity index (χ3v) is 6.38. The second-order valence-corrected chi connectivity index (χ2v) is 8.23. The maximum atomic E-state index is 13.6. The van der Waals surface area contributed by atoms with Gasteiger partial charge < -0.3 is 19.7 Å². The Kier molecular flexibility index (Phi) is 4.57. The molecule has 29 heavy (non-hydrogen) atoms. The lowest BCUT2D eigenvalue weighted by molar-refractivity contribution is -0.128. The lowest BCUT2D eigenvalue weighted by Crippen LogP contribution is -2.42. The molecule has 1 aromatic carbocycles. The van der Waals surface area contributed by atoms with Crippen LogP contribution in [0.25, 0.3) is 0 Å². The zero-order valence-electron chi connectivity index (χ0n) is 16.8. The summed E-state index contributed by atoms with van der Waals surface area (Å²) < 4.78 is 11.0. The van der Waals surface area contributed by atoms with Crippen LogP contribution in [0.3, 0.4) is 0 Å². The number of hydrogen-bond donors (Lipinski definition) is 1. The topological polar surface area (TPSA) is 67.9 Å². The fourth-order valence-electron chi connectivity index (χ4n) is 4.96. The smallest absolute Gasteiger partial charge is 0.252 e. The summed E-state index contributed by atoms with van der Waals surface area (Å²) in [5, 5.41) is 3.41. The molecule has 1 aliphatic carbocycles. The number of Topliss-reactive ketones (excluding diaryl/α,β-unsaturated/α-hetero) is 1. The Bertz CT molecular complexity index is 940. The van der Waals surface area contributed by atoms with Crippen molar-refractivity contribution in [2.45, 2.75) is 51.4 Å². The lowest BCUT2D eigenvalue weighted by atomic mass is 9.74. The number of allylic oxidation sites excluding steroid dienone is 3. The van der Waals surface area contributed by atoms with Crippen LogP contribution < -0.4 is 14.8 Å². The molecule has 1 unspecified atom stereocenters. The number of likely N-dealkylation sites (tertiary alicyclic amines) is 1. The van der Waals surface area contributed by atoms with E-state index in [1.165, 1.54) is 6.42 Å².